The lowest BCUT2D eigenvalue weighted by Crippen LogP contribution is -2.13. The second-order valence-corrected chi connectivity index (χ2v) is 5.07. The largest absolute Gasteiger partial charge is 0.377 e. The summed E-state index contributed by atoms with van der Waals surface area (Å²) in [6.07, 6.45) is 1.55. The number of aromatic nitrogens is 3. The molecule has 102 valence electrons. The maximum atomic E-state index is 13.2. The highest BCUT2D eigenvalue weighted by atomic mass is 19.1. The molecule has 0 saturated carbocycles. The van der Waals surface area contributed by atoms with Gasteiger partial charge in [0.05, 0.1) is 6.54 Å². The van der Waals surface area contributed by atoms with E-state index >= 15 is 0 Å². The Morgan fingerprint density at radius 2 is 2.16 bits per heavy atom. The van der Waals surface area contributed by atoms with Gasteiger partial charge in [0.25, 0.3) is 0 Å². The normalized spacial score (nSPS) is 11.0. The Kier molecular flexibility index (Phi) is 4.14. The molecule has 5 heteroatoms. The summed E-state index contributed by atoms with van der Waals surface area (Å²) >= 11 is 0. The van der Waals surface area contributed by atoms with Crippen molar-refractivity contribution in [1.29, 1.82) is 0 Å². The Balaban J connectivity index is 2.06. The molecule has 1 aromatic carbocycles. The molecule has 0 aliphatic rings. The predicted octanol–water partition coefficient (Wildman–Crippen LogP) is 2.99. The molecule has 0 bridgehead atoms. The molecule has 0 radical (unpaired) electrons. The zero-order valence-electron chi connectivity index (χ0n) is 11.5. The average Bonchev–Trinajstić information content (AvgIpc) is 2.77. The minimum absolute atomic E-state index is 0.239. The highest BCUT2D eigenvalue weighted by molar-refractivity contribution is 5.50. The molecule has 0 amide bonds. The Hall–Kier alpha value is -1.91. The lowest BCUT2D eigenvalue weighted by atomic mass is 10.2. The van der Waals surface area contributed by atoms with Gasteiger partial charge in [0.2, 0.25) is 0 Å². The first kappa shape index (κ1) is 13.5. The summed E-state index contributed by atoms with van der Waals surface area (Å²) in [4.78, 5) is 4.23. The Morgan fingerprint density at radius 1 is 1.37 bits per heavy atom. The van der Waals surface area contributed by atoms with E-state index in [2.05, 4.69) is 29.2 Å². The van der Waals surface area contributed by atoms with E-state index in [9.17, 15) is 4.39 Å². The third-order valence-corrected chi connectivity index (χ3v) is 2.87. The summed E-state index contributed by atoms with van der Waals surface area (Å²) < 4.78 is 15.1. The topological polar surface area (TPSA) is 42.7 Å². The monoisotopic (exact) mass is 262 g/mol. The quantitative estimate of drug-likeness (QED) is 0.900. The third-order valence-electron chi connectivity index (χ3n) is 2.87. The highest BCUT2D eigenvalue weighted by Gasteiger charge is 2.07. The Morgan fingerprint density at radius 3 is 2.89 bits per heavy atom. The molecule has 0 aliphatic heterocycles. The van der Waals surface area contributed by atoms with Crippen molar-refractivity contribution >= 4 is 5.69 Å². The fourth-order valence-corrected chi connectivity index (χ4v) is 1.88. The predicted molar refractivity (Wildman–Crippen MR) is 73.3 cm³/mol. The van der Waals surface area contributed by atoms with Crippen LogP contribution in [0.2, 0.25) is 0 Å². The number of rotatable bonds is 5. The maximum Gasteiger partial charge on any atom is 0.146 e. The summed E-state index contributed by atoms with van der Waals surface area (Å²) in [6, 6.07) is 4.72. The third kappa shape index (κ3) is 3.53. The Labute approximate surface area is 112 Å². The molecule has 19 heavy (non-hydrogen) atoms. The van der Waals surface area contributed by atoms with Gasteiger partial charge < -0.3 is 5.32 Å². The molecule has 4 nitrogen and oxygen atoms in total. The van der Waals surface area contributed by atoms with Crippen LogP contribution in [-0.2, 0) is 13.1 Å². The van der Waals surface area contributed by atoms with Crippen molar-refractivity contribution in [1.82, 2.24) is 14.8 Å². The first-order valence-corrected chi connectivity index (χ1v) is 6.43. The molecule has 0 spiro atoms. The number of anilines is 1. The van der Waals surface area contributed by atoms with Crippen molar-refractivity contribution in [2.45, 2.75) is 33.9 Å². The molecule has 2 rings (SSSR count). The van der Waals surface area contributed by atoms with Crippen molar-refractivity contribution in [3.05, 3.63) is 41.7 Å². The van der Waals surface area contributed by atoms with E-state index in [1.165, 1.54) is 12.1 Å². The van der Waals surface area contributed by atoms with Crippen LogP contribution in [0.3, 0.4) is 0 Å². The number of nitrogens with one attached hydrogen (secondary N) is 1. The van der Waals surface area contributed by atoms with Gasteiger partial charge in [0.1, 0.15) is 18.0 Å². The van der Waals surface area contributed by atoms with E-state index in [0.29, 0.717) is 12.5 Å². The van der Waals surface area contributed by atoms with Gasteiger partial charge in [-0.1, -0.05) is 19.9 Å². The van der Waals surface area contributed by atoms with E-state index in [1.807, 2.05) is 11.6 Å². The van der Waals surface area contributed by atoms with Crippen molar-refractivity contribution in [3.8, 4) is 0 Å². The number of aryl methyl sites for hydroxylation is 1. The summed E-state index contributed by atoms with van der Waals surface area (Å²) in [5, 5.41) is 7.41. The molecule has 0 saturated heterocycles. The van der Waals surface area contributed by atoms with Crippen LogP contribution in [0.25, 0.3) is 0 Å². The molecular weight excluding hydrogens is 243 g/mol. The Bertz CT molecular complexity index is 548. The number of halogens is 1. The van der Waals surface area contributed by atoms with E-state index in [-0.39, 0.29) is 5.82 Å². The van der Waals surface area contributed by atoms with Crippen molar-refractivity contribution in [2.24, 2.45) is 5.92 Å². The smallest absolute Gasteiger partial charge is 0.146 e. The fourth-order valence-electron chi connectivity index (χ4n) is 1.88. The van der Waals surface area contributed by atoms with Crippen LogP contribution in [0.1, 0.15) is 25.2 Å². The van der Waals surface area contributed by atoms with Gasteiger partial charge in [-0.2, -0.15) is 5.10 Å². The van der Waals surface area contributed by atoms with Gasteiger partial charge >= 0.3 is 0 Å². The molecule has 0 unspecified atom stereocenters. The first-order chi connectivity index (χ1) is 9.06. The zero-order chi connectivity index (χ0) is 13.8. The number of benzene rings is 1. The van der Waals surface area contributed by atoms with Crippen molar-refractivity contribution in [3.63, 3.8) is 0 Å². The van der Waals surface area contributed by atoms with Crippen LogP contribution in [-0.4, -0.2) is 14.8 Å². The second kappa shape index (κ2) is 5.82. The molecule has 1 N–H and O–H groups in total. The zero-order valence-corrected chi connectivity index (χ0v) is 11.5. The number of hydrogen-bond donors (Lipinski definition) is 1. The van der Waals surface area contributed by atoms with Crippen LogP contribution in [0.4, 0.5) is 10.1 Å². The van der Waals surface area contributed by atoms with Crippen molar-refractivity contribution < 1.29 is 4.39 Å². The molecule has 2 aromatic rings. The van der Waals surface area contributed by atoms with Gasteiger partial charge in [0.15, 0.2) is 0 Å². The van der Waals surface area contributed by atoms with Crippen LogP contribution < -0.4 is 5.32 Å². The molecule has 0 fully saturated rings. The van der Waals surface area contributed by atoms with Crippen LogP contribution in [0, 0.1) is 18.7 Å². The lowest BCUT2D eigenvalue weighted by Gasteiger charge is -2.11. The molecule has 1 heterocycles. The van der Waals surface area contributed by atoms with Gasteiger partial charge in [-0.05, 0) is 30.5 Å². The van der Waals surface area contributed by atoms with E-state index in [4.69, 9.17) is 0 Å². The van der Waals surface area contributed by atoms with Gasteiger partial charge in [-0.15, -0.1) is 0 Å². The molecular formula is C14H19FN4. The minimum Gasteiger partial charge on any atom is -0.377 e. The summed E-state index contributed by atoms with van der Waals surface area (Å²) in [7, 11) is 0. The number of hydrogen-bond acceptors (Lipinski definition) is 3. The van der Waals surface area contributed by atoms with Crippen molar-refractivity contribution in [2.75, 3.05) is 5.32 Å². The lowest BCUT2D eigenvalue weighted by molar-refractivity contribution is 0.468. The summed E-state index contributed by atoms with van der Waals surface area (Å²) in [5.74, 6) is 1.13. The van der Waals surface area contributed by atoms with E-state index < -0.39 is 0 Å². The molecule has 1 aromatic heterocycles. The number of nitrogens with zero attached hydrogens (tertiary/aromatic N) is 3. The summed E-state index contributed by atoms with van der Waals surface area (Å²) in [5.41, 5.74) is 1.80. The molecule has 0 aliphatic carbocycles. The van der Waals surface area contributed by atoms with Gasteiger partial charge in [-0.25, -0.2) is 14.1 Å². The standard InChI is InChI=1S/C14H19FN4/c1-10(2)8-19-14(17-9-18-19)7-16-13-6-12(15)5-4-11(13)3/h4-6,9-10,16H,7-8H2,1-3H3. The molecule has 0 atom stereocenters. The summed E-state index contributed by atoms with van der Waals surface area (Å²) in [6.45, 7) is 7.59. The average molecular weight is 262 g/mol. The first-order valence-electron chi connectivity index (χ1n) is 6.43. The SMILES string of the molecule is Cc1ccc(F)cc1NCc1ncnn1CC(C)C. The minimum atomic E-state index is -0.239. The highest BCUT2D eigenvalue weighted by Crippen LogP contribution is 2.16. The fraction of sp³-hybridized carbons (Fsp3) is 0.429. The maximum absolute atomic E-state index is 13.2. The van der Waals surface area contributed by atoms with E-state index in [1.54, 1.807) is 12.4 Å². The van der Waals surface area contributed by atoms with Gasteiger partial charge in [0, 0.05) is 12.2 Å². The second-order valence-electron chi connectivity index (χ2n) is 5.07. The van der Waals surface area contributed by atoms with Crippen LogP contribution in [0.15, 0.2) is 24.5 Å². The van der Waals surface area contributed by atoms with E-state index in [0.717, 1.165) is 23.6 Å². The van der Waals surface area contributed by atoms with Crippen LogP contribution in [0.5, 0.6) is 0 Å². The van der Waals surface area contributed by atoms with Crippen LogP contribution >= 0.6 is 0 Å². The van der Waals surface area contributed by atoms with Gasteiger partial charge in [-0.3, -0.25) is 0 Å².